The maximum atomic E-state index is 12.2. The summed E-state index contributed by atoms with van der Waals surface area (Å²) in [4.78, 5) is 12.2. The fraction of sp³-hybridized carbons (Fsp3) is 0.353. The van der Waals surface area contributed by atoms with E-state index in [9.17, 15) is 4.79 Å². The third-order valence-electron chi connectivity index (χ3n) is 3.99. The van der Waals surface area contributed by atoms with Crippen LogP contribution in [0.4, 0.5) is 10.5 Å². The second-order valence-electron chi connectivity index (χ2n) is 5.58. The Labute approximate surface area is 124 Å². The van der Waals surface area contributed by atoms with Gasteiger partial charge in [-0.25, -0.2) is 4.79 Å². The highest BCUT2D eigenvalue weighted by atomic mass is 16.3. The zero-order valence-corrected chi connectivity index (χ0v) is 11.9. The van der Waals surface area contributed by atoms with Gasteiger partial charge in [-0.1, -0.05) is 36.4 Å². The number of carbonyl (C=O) groups excluding carboxylic acids is 1. The molecule has 1 atom stereocenters. The summed E-state index contributed by atoms with van der Waals surface area (Å²) in [7, 11) is 0. The molecule has 0 radical (unpaired) electrons. The zero-order chi connectivity index (χ0) is 14.7. The monoisotopic (exact) mass is 284 g/mol. The average Bonchev–Trinajstić information content (AvgIpc) is 3.32. The van der Waals surface area contributed by atoms with E-state index in [1.54, 1.807) is 0 Å². The predicted molar refractivity (Wildman–Crippen MR) is 84.3 cm³/mol. The number of aliphatic hydroxyl groups is 1. The highest BCUT2D eigenvalue weighted by Gasteiger charge is 2.31. The normalized spacial score (nSPS) is 15.7. The van der Waals surface area contributed by atoms with Crippen LogP contribution in [0.25, 0.3) is 10.8 Å². The van der Waals surface area contributed by atoms with Gasteiger partial charge in [0.05, 0.1) is 5.69 Å². The average molecular weight is 284 g/mol. The Morgan fingerprint density at radius 3 is 2.71 bits per heavy atom. The molecule has 0 saturated heterocycles. The molecule has 0 aromatic heterocycles. The summed E-state index contributed by atoms with van der Waals surface area (Å²) in [6.07, 6.45) is 2.89. The van der Waals surface area contributed by atoms with Crippen molar-refractivity contribution < 1.29 is 9.90 Å². The van der Waals surface area contributed by atoms with Crippen molar-refractivity contribution in [1.82, 2.24) is 5.32 Å². The number of rotatable bonds is 5. The van der Waals surface area contributed by atoms with E-state index in [0.29, 0.717) is 12.3 Å². The molecule has 1 saturated carbocycles. The number of urea groups is 1. The van der Waals surface area contributed by atoms with Gasteiger partial charge in [-0.05, 0) is 36.6 Å². The number of amides is 2. The fourth-order valence-electron chi connectivity index (χ4n) is 2.72. The number of hydrogen-bond acceptors (Lipinski definition) is 2. The molecule has 0 aliphatic heterocycles. The van der Waals surface area contributed by atoms with E-state index in [2.05, 4.69) is 10.6 Å². The third-order valence-corrected chi connectivity index (χ3v) is 3.99. The molecule has 21 heavy (non-hydrogen) atoms. The molecule has 0 bridgehead atoms. The van der Waals surface area contributed by atoms with Crippen LogP contribution >= 0.6 is 0 Å². The first-order valence-corrected chi connectivity index (χ1v) is 7.44. The van der Waals surface area contributed by atoms with Crippen molar-refractivity contribution in [2.75, 3.05) is 11.9 Å². The number of aliphatic hydroxyl groups excluding tert-OH is 1. The summed E-state index contributed by atoms with van der Waals surface area (Å²) < 4.78 is 0. The molecule has 0 unspecified atom stereocenters. The molecule has 110 valence electrons. The topological polar surface area (TPSA) is 61.4 Å². The van der Waals surface area contributed by atoms with Crippen LogP contribution in [-0.2, 0) is 0 Å². The van der Waals surface area contributed by atoms with Crippen molar-refractivity contribution in [3.8, 4) is 0 Å². The summed E-state index contributed by atoms with van der Waals surface area (Å²) in [5.74, 6) is 0.524. The number of carbonyl (C=O) groups is 1. The van der Waals surface area contributed by atoms with Gasteiger partial charge in [-0.3, -0.25) is 0 Å². The van der Waals surface area contributed by atoms with Crippen LogP contribution in [0.1, 0.15) is 19.3 Å². The highest BCUT2D eigenvalue weighted by Crippen LogP contribution is 2.34. The lowest BCUT2D eigenvalue weighted by Gasteiger charge is -2.18. The Bertz CT molecular complexity index is 632. The van der Waals surface area contributed by atoms with Crippen molar-refractivity contribution >= 4 is 22.5 Å². The maximum Gasteiger partial charge on any atom is 0.319 e. The Morgan fingerprint density at radius 2 is 1.95 bits per heavy atom. The molecule has 3 rings (SSSR count). The summed E-state index contributed by atoms with van der Waals surface area (Å²) in [5.41, 5.74) is 0.809. The van der Waals surface area contributed by atoms with E-state index in [4.69, 9.17) is 5.11 Å². The van der Waals surface area contributed by atoms with Crippen molar-refractivity contribution in [1.29, 1.82) is 0 Å². The van der Waals surface area contributed by atoms with Crippen molar-refractivity contribution in [3.05, 3.63) is 42.5 Å². The first kappa shape index (κ1) is 13.9. The van der Waals surface area contributed by atoms with E-state index < -0.39 is 0 Å². The largest absolute Gasteiger partial charge is 0.396 e. The van der Waals surface area contributed by atoms with Crippen LogP contribution in [0.15, 0.2) is 42.5 Å². The fourth-order valence-corrected chi connectivity index (χ4v) is 2.72. The number of nitrogens with one attached hydrogen (secondary N) is 2. The van der Waals surface area contributed by atoms with E-state index in [-0.39, 0.29) is 18.7 Å². The highest BCUT2D eigenvalue weighted by molar-refractivity contribution is 6.01. The van der Waals surface area contributed by atoms with Gasteiger partial charge in [0.15, 0.2) is 0 Å². The SMILES string of the molecule is O=C(Nc1cccc2ccccc12)N[C@H](CCO)C1CC1. The molecule has 1 fully saturated rings. The van der Waals surface area contributed by atoms with Gasteiger partial charge in [0.25, 0.3) is 0 Å². The summed E-state index contributed by atoms with van der Waals surface area (Å²) in [6, 6.07) is 13.7. The maximum absolute atomic E-state index is 12.2. The minimum atomic E-state index is -0.197. The molecule has 4 heteroatoms. The third kappa shape index (κ3) is 3.34. The van der Waals surface area contributed by atoms with E-state index in [0.717, 1.165) is 29.3 Å². The molecular formula is C17H20N2O2. The number of anilines is 1. The van der Waals surface area contributed by atoms with Crippen LogP contribution in [-0.4, -0.2) is 23.8 Å². The number of benzene rings is 2. The minimum Gasteiger partial charge on any atom is -0.396 e. The molecule has 2 aromatic carbocycles. The number of fused-ring (bicyclic) bond motifs is 1. The lowest BCUT2D eigenvalue weighted by Crippen LogP contribution is -2.39. The van der Waals surface area contributed by atoms with Crippen LogP contribution in [0.3, 0.4) is 0 Å². The Kier molecular flexibility index (Phi) is 4.06. The molecule has 0 spiro atoms. The molecule has 3 N–H and O–H groups in total. The van der Waals surface area contributed by atoms with Gasteiger partial charge in [-0.2, -0.15) is 0 Å². The summed E-state index contributed by atoms with van der Waals surface area (Å²) in [6.45, 7) is 0.107. The molecule has 2 amide bonds. The molecule has 0 heterocycles. The molecule has 2 aromatic rings. The van der Waals surface area contributed by atoms with E-state index in [1.165, 1.54) is 0 Å². The number of hydrogen-bond donors (Lipinski definition) is 3. The molecule has 1 aliphatic carbocycles. The van der Waals surface area contributed by atoms with Crippen LogP contribution in [0.5, 0.6) is 0 Å². The molecule has 4 nitrogen and oxygen atoms in total. The van der Waals surface area contributed by atoms with Gasteiger partial charge < -0.3 is 15.7 Å². The van der Waals surface area contributed by atoms with Crippen molar-refractivity contribution in [2.45, 2.75) is 25.3 Å². The molecule has 1 aliphatic rings. The first-order chi connectivity index (χ1) is 10.3. The Balaban J connectivity index is 1.71. The standard InChI is InChI=1S/C17H20N2O2/c20-11-10-15(13-8-9-13)18-17(21)19-16-7-3-5-12-4-1-2-6-14(12)16/h1-7,13,15,20H,8-11H2,(H2,18,19,21)/t15-/m1/s1. The quantitative estimate of drug-likeness (QED) is 0.790. The van der Waals surface area contributed by atoms with Gasteiger partial charge in [0, 0.05) is 18.0 Å². The lowest BCUT2D eigenvalue weighted by molar-refractivity contribution is 0.234. The smallest absolute Gasteiger partial charge is 0.319 e. The van der Waals surface area contributed by atoms with Crippen LogP contribution < -0.4 is 10.6 Å². The van der Waals surface area contributed by atoms with Crippen molar-refractivity contribution in [2.24, 2.45) is 5.92 Å². The Hall–Kier alpha value is -2.07. The van der Waals surface area contributed by atoms with Gasteiger partial charge in [-0.15, -0.1) is 0 Å². The second kappa shape index (κ2) is 6.14. The summed E-state index contributed by atoms with van der Waals surface area (Å²) >= 11 is 0. The van der Waals surface area contributed by atoms with Crippen molar-refractivity contribution in [3.63, 3.8) is 0 Å². The van der Waals surface area contributed by atoms with Crippen LogP contribution in [0, 0.1) is 5.92 Å². The lowest BCUT2D eigenvalue weighted by atomic mass is 10.1. The van der Waals surface area contributed by atoms with Gasteiger partial charge >= 0.3 is 6.03 Å². The second-order valence-corrected chi connectivity index (χ2v) is 5.58. The predicted octanol–water partition coefficient (Wildman–Crippen LogP) is 3.12. The van der Waals surface area contributed by atoms with Gasteiger partial charge in [0.1, 0.15) is 0 Å². The van der Waals surface area contributed by atoms with E-state index >= 15 is 0 Å². The van der Waals surface area contributed by atoms with Crippen LogP contribution in [0.2, 0.25) is 0 Å². The zero-order valence-electron chi connectivity index (χ0n) is 11.9. The van der Waals surface area contributed by atoms with Gasteiger partial charge in [0.2, 0.25) is 0 Å². The van der Waals surface area contributed by atoms with E-state index in [1.807, 2.05) is 42.5 Å². The molecular weight excluding hydrogens is 264 g/mol. The first-order valence-electron chi connectivity index (χ1n) is 7.44. The minimum absolute atomic E-state index is 0.0741. The summed E-state index contributed by atoms with van der Waals surface area (Å²) in [5, 5.41) is 17.1. The Morgan fingerprint density at radius 1 is 1.19 bits per heavy atom.